The number of hydrogen-bond acceptors (Lipinski definition) is 9. The SMILES string of the molecule is COc1ccc2nccc(Oc3ccc(Nc4nnc(-c5ccc6c(c5)OCO6)c5ccccc45)cc3)c2n1. The summed E-state index contributed by atoms with van der Waals surface area (Å²) in [6.45, 7) is 0.225. The molecule has 7 rings (SSSR count). The zero-order valence-electron chi connectivity index (χ0n) is 20.8. The lowest BCUT2D eigenvalue weighted by Gasteiger charge is -2.12. The van der Waals surface area contributed by atoms with E-state index in [4.69, 9.17) is 18.9 Å². The van der Waals surface area contributed by atoms with Crippen molar-refractivity contribution in [1.82, 2.24) is 20.2 Å². The van der Waals surface area contributed by atoms with Gasteiger partial charge in [0.15, 0.2) is 23.1 Å². The number of anilines is 2. The Labute approximate surface area is 223 Å². The maximum atomic E-state index is 6.13. The fourth-order valence-electron chi connectivity index (χ4n) is 4.50. The summed E-state index contributed by atoms with van der Waals surface area (Å²) in [5, 5.41) is 14.4. The number of methoxy groups -OCH3 is 1. The molecule has 9 heteroatoms. The number of fused-ring (bicyclic) bond motifs is 3. The van der Waals surface area contributed by atoms with Crippen molar-refractivity contribution in [2.45, 2.75) is 0 Å². The fourth-order valence-corrected chi connectivity index (χ4v) is 4.50. The highest BCUT2D eigenvalue weighted by atomic mass is 16.7. The molecule has 0 atom stereocenters. The smallest absolute Gasteiger partial charge is 0.231 e. The standard InChI is InChI=1S/C30H21N5O4/c1-36-27-13-11-23-29(33-27)25(14-15-31-23)39-20-9-7-19(8-10-20)32-30-22-5-3-2-4-21(22)28(34-35-30)18-6-12-24-26(16-18)38-17-37-24/h2-16H,17H2,1H3,(H,32,35). The first-order valence-electron chi connectivity index (χ1n) is 12.3. The quantitative estimate of drug-likeness (QED) is 0.266. The van der Waals surface area contributed by atoms with E-state index >= 15 is 0 Å². The largest absolute Gasteiger partial charge is 0.481 e. The molecule has 9 nitrogen and oxygen atoms in total. The predicted octanol–water partition coefficient (Wildman–Crippen LogP) is 6.51. The lowest BCUT2D eigenvalue weighted by atomic mass is 10.0. The molecule has 0 radical (unpaired) electrons. The van der Waals surface area contributed by atoms with Gasteiger partial charge < -0.3 is 24.3 Å². The lowest BCUT2D eigenvalue weighted by Crippen LogP contribution is -1.99. The van der Waals surface area contributed by atoms with Gasteiger partial charge in [0.25, 0.3) is 0 Å². The summed E-state index contributed by atoms with van der Waals surface area (Å²) in [6, 6.07) is 26.8. The van der Waals surface area contributed by atoms with Gasteiger partial charge in [0.05, 0.1) is 12.6 Å². The maximum Gasteiger partial charge on any atom is 0.231 e. The van der Waals surface area contributed by atoms with Crippen molar-refractivity contribution in [2.24, 2.45) is 0 Å². The van der Waals surface area contributed by atoms with Crippen molar-refractivity contribution in [3.63, 3.8) is 0 Å². The molecule has 4 heterocycles. The Morgan fingerprint density at radius 3 is 2.54 bits per heavy atom. The second kappa shape index (κ2) is 9.46. The van der Waals surface area contributed by atoms with Crippen LogP contribution < -0.4 is 24.3 Å². The molecule has 3 aromatic carbocycles. The highest BCUT2D eigenvalue weighted by Gasteiger charge is 2.17. The van der Waals surface area contributed by atoms with E-state index in [9.17, 15) is 0 Å². The van der Waals surface area contributed by atoms with Crippen LogP contribution >= 0.6 is 0 Å². The first kappa shape index (κ1) is 22.7. The molecule has 39 heavy (non-hydrogen) atoms. The fraction of sp³-hybridized carbons (Fsp3) is 0.0667. The summed E-state index contributed by atoms with van der Waals surface area (Å²) < 4.78 is 22.4. The van der Waals surface area contributed by atoms with Crippen molar-refractivity contribution >= 4 is 33.3 Å². The van der Waals surface area contributed by atoms with E-state index in [1.54, 1.807) is 25.4 Å². The number of rotatable bonds is 6. The van der Waals surface area contributed by atoms with Crippen LogP contribution in [-0.2, 0) is 0 Å². The molecule has 1 aliphatic rings. The van der Waals surface area contributed by atoms with Gasteiger partial charge in [-0.1, -0.05) is 24.3 Å². The van der Waals surface area contributed by atoms with Gasteiger partial charge in [-0.3, -0.25) is 4.98 Å². The molecule has 0 saturated carbocycles. The van der Waals surface area contributed by atoms with Crippen LogP contribution in [0.4, 0.5) is 11.5 Å². The van der Waals surface area contributed by atoms with Crippen molar-refractivity contribution in [1.29, 1.82) is 0 Å². The van der Waals surface area contributed by atoms with E-state index in [0.717, 1.165) is 39.0 Å². The van der Waals surface area contributed by atoms with Crippen LogP contribution in [0.25, 0.3) is 33.1 Å². The molecule has 190 valence electrons. The number of ether oxygens (including phenoxy) is 4. The van der Waals surface area contributed by atoms with E-state index in [2.05, 4.69) is 25.5 Å². The van der Waals surface area contributed by atoms with Crippen LogP contribution in [0.3, 0.4) is 0 Å². The monoisotopic (exact) mass is 515 g/mol. The molecule has 1 aliphatic heterocycles. The molecule has 3 aromatic heterocycles. The van der Waals surface area contributed by atoms with Crippen molar-refractivity contribution in [3.05, 3.63) is 91.1 Å². The maximum absolute atomic E-state index is 6.13. The summed E-state index contributed by atoms with van der Waals surface area (Å²) >= 11 is 0. The van der Waals surface area contributed by atoms with E-state index < -0.39 is 0 Å². The minimum atomic E-state index is 0.225. The second-order valence-electron chi connectivity index (χ2n) is 8.79. The molecule has 0 amide bonds. The van der Waals surface area contributed by atoms with Gasteiger partial charge >= 0.3 is 0 Å². The molecule has 0 aliphatic carbocycles. The summed E-state index contributed by atoms with van der Waals surface area (Å²) in [4.78, 5) is 8.84. The first-order valence-corrected chi connectivity index (χ1v) is 12.3. The minimum Gasteiger partial charge on any atom is -0.481 e. The first-order chi connectivity index (χ1) is 19.2. The van der Waals surface area contributed by atoms with Gasteiger partial charge in [0, 0.05) is 40.4 Å². The van der Waals surface area contributed by atoms with Crippen LogP contribution in [0.15, 0.2) is 91.1 Å². The highest BCUT2D eigenvalue weighted by molar-refractivity contribution is 6.01. The number of aromatic nitrogens is 4. The number of nitrogens with one attached hydrogen (secondary N) is 1. The Balaban J connectivity index is 1.16. The van der Waals surface area contributed by atoms with Crippen molar-refractivity contribution < 1.29 is 18.9 Å². The lowest BCUT2D eigenvalue weighted by molar-refractivity contribution is 0.174. The second-order valence-corrected chi connectivity index (χ2v) is 8.79. The van der Waals surface area contributed by atoms with Crippen LogP contribution in [0.5, 0.6) is 28.9 Å². The molecular weight excluding hydrogens is 494 g/mol. The Hall–Kier alpha value is -5.44. The zero-order chi connectivity index (χ0) is 26.2. The van der Waals surface area contributed by atoms with Gasteiger partial charge in [-0.2, -0.15) is 0 Å². The average molecular weight is 516 g/mol. The van der Waals surface area contributed by atoms with Crippen LogP contribution in [0.2, 0.25) is 0 Å². The van der Waals surface area contributed by atoms with Crippen molar-refractivity contribution in [3.8, 4) is 40.1 Å². The van der Waals surface area contributed by atoms with E-state index in [0.29, 0.717) is 34.5 Å². The van der Waals surface area contributed by atoms with Gasteiger partial charge in [-0.05, 0) is 48.5 Å². The Kier molecular flexibility index (Phi) is 5.51. The van der Waals surface area contributed by atoms with Crippen LogP contribution in [0, 0.1) is 0 Å². The Morgan fingerprint density at radius 1 is 0.821 bits per heavy atom. The average Bonchev–Trinajstić information content (AvgIpc) is 3.46. The summed E-state index contributed by atoms with van der Waals surface area (Å²) in [5.74, 6) is 3.84. The van der Waals surface area contributed by atoms with Gasteiger partial charge in [0.1, 0.15) is 17.0 Å². The third-order valence-electron chi connectivity index (χ3n) is 6.41. The molecule has 0 spiro atoms. The number of pyridine rings is 2. The molecule has 0 unspecified atom stereocenters. The topological polar surface area (TPSA) is 101 Å². The third kappa shape index (κ3) is 4.25. The van der Waals surface area contributed by atoms with Crippen LogP contribution in [0.1, 0.15) is 0 Å². The van der Waals surface area contributed by atoms with Gasteiger partial charge in [-0.25, -0.2) is 4.98 Å². The van der Waals surface area contributed by atoms with Gasteiger partial charge in [0.2, 0.25) is 12.7 Å². The molecule has 0 fully saturated rings. The Morgan fingerprint density at radius 2 is 1.67 bits per heavy atom. The third-order valence-corrected chi connectivity index (χ3v) is 6.41. The summed E-state index contributed by atoms with van der Waals surface area (Å²) in [6.07, 6.45) is 1.69. The zero-order valence-corrected chi connectivity index (χ0v) is 20.8. The van der Waals surface area contributed by atoms with Crippen LogP contribution in [-0.4, -0.2) is 34.1 Å². The van der Waals surface area contributed by atoms with E-state index in [1.807, 2.05) is 72.8 Å². The molecular formula is C30H21N5O4. The highest BCUT2D eigenvalue weighted by Crippen LogP contribution is 2.38. The van der Waals surface area contributed by atoms with E-state index in [-0.39, 0.29) is 6.79 Å². The molecule has 0 bridgehead atoms. The van der Waals surface area contributed by atoms with Crippen molar-refractivity contribution in [2.75, 3.05) is 19.2 Å². The predicted molar refractivity (Wildman–Crippen MR) is 147 cm³/mol. The van der Waals surface area contributed by atoms with E-state index in [1.165, 1.54) is 0 Å². The molecule has 1 N–H and O–H groups in total. The van der Waals surface area contributed by atoms with Gasteiger partial charge in [-0.15, -0.1) is 10.2 Å². The normalized spacial score (nSPS) is 12.0. The number of hydrogen-bond donors (Lipinski definition) is 1. The summed E-state index contributed by atoms with van der Waals surface area (Å²) in [5.41, 5.74) is 3.88. The number of benzene rings is 3. The number of nitrogens with zero attached hydrogens (tertiary/aromatic N) is 4. The molecule has 0 saturated heterocycles. The minimum absolute atomic E-state index is 0.225. The molecule has 6 aromatic rings. The summed E-state index contributed by atoms with van der Waals surface area (Å²) in [7, 11) is 1.58. The Bertz CT molecular complexity index is 1840.